The Morgan fingerprint density at radius 1 is 1.15 bits per heavy atom. The third-order valence-electron chi connectivity index (χ3n) is 4.53. The number of carbonyl (C=O) groups excluding carboxylic acids is 1. The van der Waals surface area contributed by atoms with Crippen molar-refractivity contribution in [3.05, 3.63) is 65.2 Å². The van der Waals surface area contributed by atoms with Crippen LogP contribution in [-0.4, -0.2) is 31.7 Å². The van der Waals surface area contributed by atoms with Gasteiger partial charge in [0.15, 0.2) is 5.78 Å². The SMILES string of the molecule is CC[C@@H](C)c1ccc(C(=O)CSc2nnnn2-c2ccccc2C)cc1. The van der Waals surface area contributed by atoms with Crippen LogP contribution in [0.2, 0.25) is 0 Å². The van der Waals surface area contributed by atoms with Gasteiger partial charge in [0.05, 0.1) is 11.4 Å². The van der Waals surface area contributed by atoms with Gasteiger partial charge >= 0.3 is 0 Å². The first-order chi connectivity index (χ1) is 12.6. The normalized spacial score (nSPS) is 12.1. The molecule has 0 unspecified atom stereocenters. The van der Waals surface area contributed by atoms with E-state index in [1.54, 1.807) is 4.68 Å². The average molecular weight is 366 g/mol. The molecule has 2 aromatic carbocycles. The summed E-state index contributed by atoms with van der Waals surface area (Å²) in [5, 5.41) is 12.5. The maximum atomic E-state index is 12.5. The molecule has 1 atom stereocenters. The van der Waals surface area contributed by atoms with Gasteiger partial charge in [0.25, 0.3) is 0 Å². The van der Waals surface area contributed by atoms with Gasteiger partial charge in [-0.05, 0) is 46.9 Å². The summed E-state index contributed by atoms with van der Waals surface area (Å²) in [6.07, 6.45) is 1.09. The zero-order valence-corrected chi connectivity index (χ0v) is 16.0. The third kappa shape index (κ3) is 4.02. The van der Waals surface area contributed by atoms with Crippen molar-refractivity contribution in [3.8, 4) is 5.69 Å². The first-order valence-electron chi connectivity index (χ1n) is 8.70. The van der Waals surface area contributed by atoms with Crippen LogP contribution in [-0.2, 0) is 0 Å². The number of Topliss-reactive ketones (excluding diaryl/α,β-unsaturated/α-hetero) is 1. The smallest absolute Gasteiger partial charge is 0.214 e. The molecule has 3 aromatic rings. The van der Waals surface area contributed by atoms with Crippen molar-refractivity contribution in [2.45, 2.75) is 38.3 Å². The van der Waals surface area contributed by atoms with Gasteiger partial charge in [0.1, 0.15) is 0 Å². The zero-order valence-electron chi connectivity index (χ0n) is 15.2. The van der Waals surface area contributed by atoms with E-state index < -0.39 is 0 Å². The Hall–Kier alpha value is -2.47. The largest absolute Gasteiger partial charge is 0.293 e. The maximum absolute atomic E-state index is 12.5. The average Bonchev–Trinajstić information content (AvgIpc) is 3.14. The molecule has 1 heterocycles. The number of aryl methyl sites for hydroxylation is 1. The van der Waals surface area contributed by atoms with Gasteiger partial charge < -0.3 is 0 Å². The van der Waals surface area contributed by atoms with E-state index in [-0.39, 0.29) is 5.78 Å². The van der Waals surface area contributed by atoms with Crippen LogP contribution in [0, 0.1) is 6.92 Å². The number of para-hydroxylation sites is 1. The standard InChI is InChI=1S/C20H22N4OS/c1-4-14(2)16-9-11-17(12-10-16)19(25)13-26-20-21-22-23-24(20)18-8-6-5-7-15(18)3/h5-12,14H,4,13H2,1-3H3/t14-/m1/s1. The van der Waals surface area contributed by atoms with E-state index in [2.05, 4.69) is 29.4 Å². The van der Waals surface area contributed by atoms with Crippen molar-refractivity contribution >= 4 is 17.5 Å². The zero-order chi connectivity index (χ0) is 18.5. The van der Waals surface area contributed by atoms with Gasteiger partial charge in [0, 0.05) is 5.56 Å². The Morgan fingerprint density at radius 2 is 1.88 bits per heavy atom. The van der Waals surface area contributed by atoms with Gasteiger partial charge in [0.2, 0.25) is 5.16 Å². The molecule has 6 heteroatoms. The fourth-order valence-electron chi connectivity index (χ4n) is 2.67. The number of rotatable bonds is 7. The van der Waals surface area contributed by atoms with Crippen molar-refractivity contribution in [2.24, 2.45) is 0 Å². The summed E-state index contributed by atoms with van der Waals surface area (Å²) in [5.74, 6) is 0.881. The number of hydrogen-bond acceptors (Lipinski definition) is 5. The minimum Gasteiger partial charge on any atom is -0.293 e. The van der Waals surface area contributed by atoms with E-state index in [0.29, 0.717) is 16.8 Å². The van der Waals surface area contributed by atoms with E-state index >= 15 is 0 Å². The number of benzene rings is 2. The van der Waals surface area contributed by atoms with Gasteiger partial charge in [-0.15, -0.1) is 5.10 Å². The molecule has 3 rings (SSSR count). The van der Waals surface area contributed by atoms with E-state index in [0.717, 1.165) is 23.2 Å². The van der Waals surface area contributed by atoms with Gasteiger partial charge in [-0.1, -0.05) is 68.1 Å². The van der Waals surface area contributed by atoms with E-state index in [1.165, 1.54) is 17.3 Å². The topological polar surface area (TPSA) is 60.7 Å². The van der Waals surface area contributed by atoms with E-state index in [9.17, 15) is 4.79 Å². The molecular formula is C20H22N4OS. The summed E-state index contributed by atoms with van der Waals surface area (Å²) in [4.78, 5) is 12.5. The lowest BCUT2D eigenvalue weighted by atomic mass is 9.97. The number of carbonyl (C=O) groups is 1. The Morgan fingerprint density at radius 3 is 2.58 bits per heavy atom. The number of ketones is 1. The molecule has 0 spiro atoms. The minimum atomic E-state index is 0.0741. The van der Waals surface area contributed by atoms with Gasteiger partial charge in [-0.2, -0.15) is 4.68 Å². The molecule has 0 amide bonds. The van der Waals surface area contributed by atoms with Crippen molar-refractivity contribution in [2.75, 3.05) is 5.75 Å². The predicted octanol–water partition coefficient (Wildman–Crippen LogP) is 4.46. The molecule has 0 saturated heterocycles. The predicted molar refractivity (Wildman–Crippen MR) is 104 cm³/mol. The molecule has 0 bridgehead atoms. The Kier molecular flexibility index (Phi) is 5.83. The summed E-state index contributed by atoms with van der Waals surface area (Å²) < 4.78 is 1.68. The molecule has 26 heavy (non-hydrogen) atoms. The number of nitrogens with zero attached hydrogens (tertiary/aromatic N) is 4. The molecule has 134 valence electrons. The second kappa shape index (κ2) is 8.27. The second-order valence-corrected chi connectivity index (χ2v) is 7.25. The Bertz CT molecular complexity index is 889. The molecular weight excluding hydrogens is 344 g/mol. The second-order valence-electron chi connectivity index (χ2n) is 6.30. The van der Waals surface area contributed by atoms with E-state index in [4.69, 9.17) is 0 Å². The van der Waals surface area contributed by atoms with Crippen molar-refractivity contribution < 1.29 is 4.79 Å². The summed E-state index contributed by atoms with van der Waals surface area (Å²) in [7, 11) is 0. The fraction of sp³-hybridized carbons (Fsp3) is 0.300. The first kappa shape index (κ1) is 18.3. The van der Waals surface area contributed by atoms with Crippen LogP contribution in [0.4, 0.5) is 0 Å². The van der Waals surface area contributed by atoms with Crippen LogP contribution in [0.1, 0.15) is 47.7 Å². The third-order valence-corrected chi connectivity index (χ3v) is 5.45. The number of tetrazole rings is 1. The van der Waals surface area contributed by atoms with Crippen LogP contribution in [0.25, 0.3) is 5.69 Å². The molecule has 0 saturated carbocycles. The lowest BCUT2D eigenvalue weighted by Gasteiger charge is -2.09. The summed E-state index contributed by atoms with van der Waals surface area (Å²) in [6, 6.07) is 15.8. The Labute approximate surface area is 157 Å². The molecule has 0 aliphatic rings. The van der Waals surface area contributed by atoms with Crippen LogP contribution in [0.3, 0.4) is 0 Å². The molecule has 0 aliphatic heterocycles. The summed E-state index contributed by atoms with van der Waals surface area (Å²) >= 11 is 1.35. The van der Waals surface area contributed by atoms with Crippen molar-refractivity contribution in [3.63, 3.8) is 0 Å². The van der Waals surface area contributed by atoms with Crippen molar-refractivity contribution in [1.29, 1.82) is 0 Å². The van der Waals surface area contributed by atoms with Gasteiger partial charge in [-0.3, -0.25) is 4.79 Å². The van der Waals surface area contributed by atoms with Crippen LogP contribution in [0.15, 0.2) is 53.7 Å². The van der Waals surface area contributed by atoms with Crippen LogP contribution >= 0.6 is 11.8 Å². The maximum Gasteiger partial charge on any atom is 0.214 e. The lowest BCUT2D eigenvalue weighted by Crippen LogP contribution is -2.06. The monoisotopic (exact) mass is 366 g/mol. The highest BCUT2D eigenvalue weighted by atomic mass is 32.2. The molecule has 1 aromatic heterocycles. The highest BCUT2D eigenvalue weighted by Crippen LogP contribution is 2.23. The summed E-state index contributed by atoms with van der Waals surface area (Å²) in [5.41, 5.74) is 3.98. The van der Waals surface area contributed by atoms with Crippen molar-refractivity contribution in [1.82, 2.24) is 20.2 Å². The number of thioether (sulfide) groups is 1. The highest BCUT2D eigenvalue weighted by molar-refractivity contribution is 7.99. The molecule has 0 fully saturated rings. The minimum absolute atomic E-state index is 0.0741. The van der Waals surface area contributed by atoms with Crippen LogP contribution in [0.5, 0.6) is 0 Å². The number of aromatic nitrogens is 4. The quantitative estimate of drug-likeness (QED) is 0.456. The highest BCUT2D eigenvalue weighted by Gasteiger charge is 2.14. The number of hydrogen-bond donors (Lipinski definition) is 0. The molecule has 0 radical (unpaired) electrons. The van der Waals surface area contributed by atoms with E-state index in [1.807, 2.05) is 55.5 Å². The fourth-order valence-corrected chi connectivity index (χ4v) is 3.45. The lowest BCUT2D eigenvalue weighted by molar-refractivity contribution is 0.102. The molecule has 0 N–H and O–H groups in total. The Balaban J connectivity index is 1.69. The summed E-state index contributed by atoms with van der Waals surface area (Å²) in [6.45, 7) is 6.37. The molecule has 0 aliphatic carbocycles. The molecule has 5 nitrogen and oxygen atoms in total. The first-order valence-corrected chi connectivity index (χ1v) is 9.69. The van der Waals surface area contributed by atoms with Gasteiger partial charge in [-0.25, -0.2) is 0 Å². The van der Waals surface area contributed by atoms with Crippen LogP contribution < -0.4 is 0 Å².